The van der Waals surface area contributed by atoms with Crippen LogP contribution in [0.25, 0.3) is 0 Å². The molecule has 0 heterocycles. The maximum absolute atomic E-state index is 11.1. The Morgan fingerprint density at radius 2 is 2.00 bits per heavy atom. The highest BCUT2D eigenvalue weighted by Crippen LogP contribution is 2.36. The Balaban J connectivity index is 2.17. The van der Waals surface area contributed by atoms with Gasteiger partial charge in [-0.15, -0.1) is 0 Å². The third kappa shape index (κ3) is 2.83. The number of carbonyl (C=O) groups excluding carboxylic acids is 2. The smallest absolute Gasteiger partial charge is 0.308 e. The molecule has 1 aliphatic carbocycles. The van der Waals surface area contributed by atoms with Crippen molar-refractivity contribution >= 4 is 11.8 Å². The quantitative estimate of drug-likeness (QED) is 0.623. The number of ether oxygens (including phenoxy) is 1. The second-order valence-electron chi connectivity index (χ2n) is 3.69. The Hall–Kier alpha value is -0.860. The molecule has 0 unspecified atom stereocenters. The molecule has 0 saturated heterocycles. The van der Waals surface area contributed by atoms with Gasteiger partial charge in [-0.05, 0) is 32.6 Å². The fourth-order valence-corrected chi connectivity index (χ4v) is 1.76. The topological polar surface area (TPSA) is 43.4 Å². The van der Waals surface area contributed by atoms with Gasteiger partial charge in [0, 0.05) is 6.42 Å². The SMILES string of the molecule is CCOC(=O)C1CC(CC(C)=O)C1. The van der Waals surface area contributed by atoms with Crippen molar-refractivity contribution in [3.8, 4) is 0 Å². The van der Waals surface area contributed by atoms with E-state index in [4.69, 9.17) is 4.74 Å². The van der Waals surface area contributed by atoms with E-state index in [0.717, 1.165) is 12.8 Å². The molecular formula is C10H16O3. The largest absolute Gasteiger partial charge is 0.466 e. The van der Waals surface area contributed by atoms with Crippen LogP contribution in [-0.4, -0.2) is 18.4 Å². The summed E-state index contributed by atoms with van der Waals surface area (Å²) < 4.78 is 4.88. The van der Waals surface area contributed by atoms with E-state index in [1.54, 1.807) is 6.92 Å². The fraction of sp³-hybridized carbons (Fsp3) is 0.800. The number of hydrogen-bond donors (Lipinski definition) is 0. The highest BCUT2D eigenvalue weighted by Gasteiger charge is 2.35. The van der Waals surface area contributed by atoms with E-state index in [1.807, 2.05) is 6.92 Å². The summed E-state index contributed by atoms with van der Waals surface area (Å²) in [7, 11) is 0. The van der Waals surface area contributed by atoms with Crippen LogP contribution < -0.4 is 0 Å². The lowest BCUT2D eigenvalue weighted by atomic mass is 9.73. The van der Waals surface area contributed by atoms with Crippen LogP contribution in [0.1, 0.15) is 33.1 Å². The Bertz CT molecular complexity index is 204. The highest BCUT2D eigenvalue weighted by molar-refractivity contribution is 5.77. The van der Waals surface area contributed by atoms with Gasteiger partial charge in [0.2, 0.25) is 0 Å². The average molecular weight is 184 g/mol. The van der Waals surface area contributed by atoms with E-state index >= 15 is 0 Å². The Labute approximate surface area is 78.5 Å². The summed E-state index contributed by atoms with van der Waals surface area (Å²) in [6.07, 6.45) is 2.28. The molecule has 1 aliphatic rings. The summed E-state index contributed by atoms with van der Waals surface area (Å²) in [6, 6.07) is 0. The predicted octanol–water partition coefficient (Wildman–Crippen LogP) is 1.55. The molecule has 3 nitrogen and oxygen atoms in total. The molecule has 74 valence electrons. The van der Waals surface area contributed by atoms with Crippen LogP contribution in [0.4, 0.5) is 0 Å². The fourth-order valence-electron chi connectivity index (χ4n) is 1.76. The van der Waals surface area contributed by atoms with Gasteiger partial charge in [-0.2, -0.15) is 0 Å². The summed E-state index contributed by atoms with van der Waals surface area (Å²) in [5.74, 6) is 0.603. The zero-order valence-electron chi connectivity index (χ0n) is 8.21. The number of esters is 1. The molecule has 0 N–H and O–H groups in total. The third-order valence-corrected chi connectivity index (χ3v) is 2.43. The van der Waals surface area contributed by atoms with Crippen molar-refractivity contribution in [1.29, 1.82) is 0 Å². The molecule has 1 fully saturated rings. The van der Waals surface area contributed by atoms with Crippen molar-refractivity contribution < 1.29 is 14.3 Å². The first kappa shape index (κ1) is 10.2. The van der Waals surface area contributed by atoms with Crippen LogP contribution in [0.2, 0.25) is 0 Å². The minimum Gasteiger partial charge on any atom is -0.466 e. The molecule has 0 spiro atoms. The number of hydrogen-bond acceptors (Lipinski definition) is 3. The molecule has 0 aromatic carbocycles. The standard InChI is InChI=1S/C10H16O3/c1-3-13-10(12)9-5-8(6-9)4-7(2)11/h8-9H,3-6H2,1-2H3. The maximum atomic E-state index is 11.1. The minimum absolute atomic E-state index is 0.0595. The molecule has 0 aromatic rings. The second-order valence-corrected chi connectivity index (χ2v) is 3.69. The molecule has 0 radical (unpaired) electrons. The van der Waals surface area contributed by atoms with Crippen molar-refractivity contribution in [2.75, 3.05) is 6.61 Å². The maximum Gasteiger partial charge on any atom is 0.308 e. The number of Topliss-reactive ketones (excluding diaryl/α,β-unsaturated/α-hetero) is 1. The molecule has 0 aromatic heterocycles. The van der Waals surface area contributed by atoms with Gasteiger partial charge in [-0.3, -0.25) is 4.79 Å². The van der Waals surface area contributed by atoms with Crippen molar-refractivity contribution in [3.05, 3.63) is 0 Å². The van der Waals surface area contributed by atoms with E-state index in [0.29, 0.717) is 18.9 Å². The van der Waals surface area contributed by atoms with Gasteiger partial charge in [0.05, 0.1) is 12.5 Å². The van der Waals surface area contributed by atoms with Crippen LogP contribution in [0.5, 0.6) is 0 Å². The van der Waals surface area contributed by atoms with Crippen molar-refractivity contribution in [3.63, 3.8) is 0 Å². The lowest BCUT2D eigenvalue weighted by Gasteiger charge is -2.32. The highest BCUT2D eigenvalue weighted by atomic mass is 16.5. The van der Waals surface area contributed by atoms with E-state index in [2.05, 4.69) is 0 Å². The zero-order valence-corrected chi connectivity index (χ0v) is 8.21. The Morgan fingerprint density at radius 1 is 1.38 bits per heavy atom. The van der Waals surface area contributed by atoms with Gasteiger partial charge in [0.15, 0.2) is 0 Å². The lowest BCUT2D eigenvalue weighted by Crippen LogP contribution is -2.32. The number of carbonyl (C=O) groups is 2. The molecule has 0 amide bonds. The first-order valence-electron chi connectivity index (χ1n) is 4.79. The van der Waals surface area contributed by atoms with Crippen molar-refractivity contribution in [1.82, 2.24) is 0 Å². The van der Waals surface area contributed by atoms with Gasteiger partial charge >= 0.3 is 5.97 Å². The van der Waals surface area contributed by atoms with Crippen LogP contribution >= 0.6 is 0 Å². The summed E-state index contributed by atoms with van der Waals surface area (Å²) in [4.78, 5) is 21.9. The van der Waals surface area contributed by atoms with Crippen molar-refractivity contribution in [2.45, 2.75) is 33.1 Å². The average Bonchev–Trinajstić information content (AvgIpc) is 1.95. The first-order valence-corrected chi connectivity index (χ1v) is 4.79. The van der Waals surface area contributed by atoms with Gasteiger partial charge < -0.3 is 9.53 Å². The minimum atomic E-state index is -0.0951. The van der Waals surface area contributed by atoms with Crippen LogP contribution in [0.15, 0.2) is 0 Å². The summed E-state index contributed by atoms with van der Waals surface area (Å²) in [5, 5.41) is 0. The predicted molar refractivity (Wildman–Crippen MR) is 48.1 cm³/mol. The third-order valence-electron chi connectivity index (χ3n) is 2.43. The van der Waals surface area contributed by atoms with E-state index < -0.39 is 0 Å². The van der Waals surface area contributed by atoms with Crippen LogP contribution in [0, 0.1) is 11.8 Å². The zero-order chi connectivity index (χ0) is 9.84. The van der Waals surface area contributed by atoms with Gasteiger partial charge in [0.25, 0.3) is 0 Å². The van der Waals surface area contributed by atoms with Crippen LogP contribution in [0.3, 0.4) is 0 Å². The molecule has 3 heteroatoms. The Morgan fingerprint density at radius 3 is 2.46 bits per heavy atom. The van der Waals surface area contributed by atoms with Crippen LogP contribution in [-0.2, 0) is 14.3 Å². The molecule has 0 atom stereocenters. The number of ketones is 1. The molecule has 1 rings (SSSR count). The molecular weight excluding hydrogens is 168 g/mol. The normalized spacial score (nSPS) is 26.3. The summed E-state index contributed by atoms with van der Waals surface area (Å²) in [6.45, 7) is 3.86. The summed E-state index contributed by atoms with van der Waals surface area (Å²) >= 11 is 0. The van der Waals surface area contributed by atoms with E-state index in [9.17, 15) is 9.59 Å². The molecule has 13 heavy (non-hydrogen) atoms. The molecule has 0 bridgehead atoms. The summed E-state index contributed by atoms with van der Waals surface area (Å²) in [5.41, 5.74) is 0. The van der Waals surface area contributed by atoms with Gasteiger partial charge in [-0.25, -0.2) is 0 Å². The number of rotatable bonds is 4. The van der Waals surface area contributed by atoms with Gasteiger partial charge in [0.1, 0.15) is 5.78 Å². The van der Waals surface area contributed by atoms with E-state index in [-0.39, 0.29) is 17.7 Å². The molecule has 1 saturated carbocycles. The van der Waals surface area contributed by atoms with E-state index in [1.165, 1.54) is 0 Å². The first-order chi connectivity index (χ1) is 6.13. The van der Waals surface area contributed by atoms with Crippen molar-refractivity contribution in [2.24, 2.45) is 11.8 Å². The Kier molecular flexibility index (Phi) is 3.46. The molecule has 0 aliphatic heterocycles. The lowest BCUT2D eigenvalue weighted by molar-refractivity contribution is -0.153. The monoisotopic (exact) mass is 184 g/mol. The second kappa shape index (κ2) is 4.40. The van der Waals surface area contributed by atoms with Gasteiger partial charge in [-0.1, -0.05) is 0 Å².